The lowest BCUT2D eigenvalue weighted by Crippen LogP contribution is -2.34. The minimum absolute atomic E-state index is 0.144. The molecule has 0 bridgehead atoms. The first kappa shape index (κ1) is 16.3. The highest BCUT2D eigenvalue weighted by Gasteiger charge is 2.31. The summed E-state index contributed by atoms with van der Waals surface area (Å²) >= 11 is 1.69. The summed E-state index contributed by atoms with van der Waals surface area (Å²) in [6.07, 6.45) is -2.32. The highest BCUT2D eigenvalue weighted by Crippen LogP contribution is 2.33. The van der Waals surface area contributed by atoms with Gasteiger partial charge in [0, 0.05) is 6.04 Å². The SMILES string of the molecule is CSCC(C)C(NN)c1ccc(C(F)(F)F)cc1C. The van der Waals surface area contributed by atoms with Crippen LogP contribution in [0.25, 0.3) is 0 Å². The van der Waals surface area contributed by atoms with E-state index in [1.54, 1.807) is 18.7 Å². The van der Waals surface area contributed by atoms with E-state index in [2.05, 4.69) is 5.43 Å². The molecule has 3 N–H and O–H groups in total. The highest BCUT2D eigenvalue weighted by atomic mass is 32.2. The predicted octanol–water partition coefficient (Wildman–Crippen LogP) is 3.52. The molecule has 108 valence electrons. The quantitative estimate of drug-likeness (QED) is 0.644. The van der Waals surface area contributed by atoms with Gasteiger partial charge in [-0.3, -0.25) is 11.3 Å². The predicted molar refractivity (Wildman–Crippen MR) is 73.8 cm³/mol. The molecule has 1 rings (SSSR count). The lowest BCUT2D eigenvalue weighted by atomic mass is 9.92. The average Bonchev–Trinajstić information content (AvgIpc) is 2.31. The largest absolute Gasteiger partial charge is 0.416 e. The molecule has 1 aromatic rings. The fraction of sp³-hybridized carbons (Fsp3) is 0.538. The molecule has 0 saturated heterocycles. The number of halogens is 3. The van der Waals surface area contributed by atoms with Crippen molar-refractivity contribution in [3.63, 3.8) is 0 Å². The summed E-state index contributed by atoms with van der Waals surface area (Å²) in [5, 5.41) is 0. The van der Waals surface area contributed by atoms with Gasteiger partial charge in [0.2, 0.25) is 0 Å². The molecule has 0 spiro atoms. The molecule has 0 fully saturated rings. The summed E-state index contributed by atoms with van der Waals surface area (Å²) in [5.41, 5.74) is 3.50. The molecule has 0 saturated carbocycles. The van der Waals surface area contributed by atoms with Gasteiger partial charge in [0.25, 0.3) is 0 Å². The first-order valence-corrected chi connectivity index (χ1v) is 7.33. The maximum absolute atomic E-state index is 12.6. The Morgan fingerprint density at radius 1 is 1.37 bits per heavy atom. The van der Waals surface area contributed by atoms with Crippen molar-refractivity contribution in [3.8, 4) is 0 Å². The number of nitrogens with one attached hydrogen (secondary N) is 1. The van der Waals surface area contributed by atoms with E-state index in [1.807, 2.05) is 13.2 Å². The molecule has 0 aromatic heterocycles. The molecule has 0 aliphatic carbocycles. The van der Waals surface area contributed by atoms with Crippen molar-refractivity contribution in [1.82, 2.24) is 5.43 Å². The Morgan fingerprint density at radius 3 is 2.42 bits per heavy atom. The Bertz CT molecular complexity index is 421. The molecular weight excluding hydrogens is 273 g/mol. The molecule has 0 heterocycles. The maximum Gasteiger partial charge on any atom is 0.416 e. The first-order chi connectivity index (χ1) is 8.81. The van der Waals surface area contributed by atoms with E-state index in [9.17, 15) is 13.2 Å². The number of hydrogen-bond donors (Lipinski definition) is 2. The van der Waals surface area contributed by atoms with Gasteiger partial charge in [-0.05, 0) is 48.1 Å². The normalized spacial score (nSPS) is 15.3. The number of aryl methyl sites for hydroxylation is 1. The van der Waals surface area contributed by atoms with Crippen LogP contribution in [-0.4, -0.2) is 12.0 Å². The summed E-state index contributed by atoms with van der Waals surface area (Å²) in [6.45, 7) is 3.71. The summed E-state index contributed by atoms with van der Waals surface area (Å²) in [7, 11) is 0. The second kappa shape index (κ2) is 6.63. The number of hydrogen-bond acceptors (Lipinski definition) is 3. The van der Waals surface area contributed by atoms with Crippen LogP contribution in [0.1, 0.15) is 29.7 Å². The van der Waals surface area contributed by atoms with Crippen molar-refractivity contribution in [2.75, 3.05) is 12.0 Å². The van der Waals surface area contributed by atoms with Gasteiger partial charge in [0.05, 0.1) is 5.56 Å². The van der Waals surface area contributed by atoms with Crippen LogP contribution in [0.5, 0.6) is 0 Å². The molecule has 19 heavy (non-hydrogen) atoms. The molecule has 2 unspecified atom stereocenters. The minimum atomic E-state index is -4.31. The molecule has 0 aliphatic heterocycles. The van der Waals surface area contributed by atoms with Crippen LogP contribution in [-0.2, 0) is 6.18 Å². The molecule has 1 aromatic carbocycles. The van der Waals surface area contributed by atoms with Crippen LogP contribution in [0, 0.1) is 12.8 Å². The van der Waals surface area contributed by atoms with Gasteiger partial charge in [0.1, 0.15) is 0 Å². The Labute approximate surface area is 115 Å². The van der Waals surface area contributed by atoms with Gasteiger partial charge in [-0.15, -0.1) is 0 Å². The second-order valence-electron chi connectivity index (χ2n) is 4.65. The topological polar surface area (TPSA) is 38.0 Å². The molecule has 2 nitrogen and oxygen atoms in total. The summed E-state index contributed by atoms with van der Waals surface area (Å²) in [6, 6.07) is 3.65. The van der Waals surface area contributed by atoms with Gasteiger partial charge >= 0.3 is 6.18 Å². The molecule has 0 radical (unpaired) electrons. The average molecular weight is 292 g/mol. The zero-order valence-electron chi connectivity index (χ0n) is 11.2. The third kappa shape index (κ3) is 4.12. The summed E-state index contributed by atoms with van der Waals surface area (Å²) < 4.78 is 37.9. The highest BCUT2D eigenvalue weighted by molar-refractivity contribution is 7.98. The van der Waals surface area contributed by atoms with Crippen LogP contribution < -0.4 is 11.3 Å². The van der Waals surface area contributed by atoms with E-state index in [4.69, 9.17) is 5.84 Å². The first-order valence-electron chi connectivity index (χ1n) is 5.94. The third-order valence-electron chi connectivity index (χ3n) is 3.11. The van der Waals surface area contributed by atoms with E-state index >= 15 is 0 Å². The van der Waals surface area contributed by atoms with Crippen molar-refractivity contribution in [2.24, 2.45) is 11.8 Å². The van der Waals surface area contributed by atoms with Crippen molar-refractivity contribution in [2.45, 2.75) is 26.1 Å². The van der Waals surface area contributed by atoms with E-state index in [0.29, 0.717) is 5.56 Å². The van der Waals surface area contributed by atoms with E-state index in [1.165, 1.54) is 12.1 Å². The minimum Gasteiger partial charge on any atom is -0.271 e. The Balaban J connectivity index is 3.06. The summed E-state index contributed by atoms with van der Waals surface area (Å²) in [5.74, 6) is 6.66. The van der Waals surface area contributed by atoms with Gasteiger partial charge < -0.3 is 0 Å². The monoisotopic (exact) mass is 292 g/mol. The van der Waals surface area contributed by atoms with Crippen LogP contribution in [0.15, 0.2) is 18.2 Å². The fourth-order valence-electron chi connectivity index (χ4n) is 2.12. The molecule has 0 amide bonds. The summed E-state index contributed by atoms with van der Waals surface area (Å²) in [4.78, 5) is 0. The zero-order chi connectivity index (χ0) is 14.6. The van der Waals surface area contributed by atoms with Gasteiger partial charge in [0.15, 0.2) is 0 Å². The molecule has 2 atom stereocenters. The van der Waals surface area contributed by atoms with Crippen LogP contribution in [0.2, 0.25) is 0 Å². The maximum atomic E-state index is 12.6. The number of alkyl halides is 3. The third-order valence-corrected chi connectivity index (χ3v) is 3.97. The van der Waals surface area contributed by atoms with E-state index in [0.717, 1.165) is 17.4 Å². The smallest absolute Gasteiger partial charge is 0.271 e. The van der Waals surface area contributed by atoms with Crippen LogP contribution in [0.4, 0.5) is 13.2 Å². The Kier molecular flexibility index (Phi) is 5.70. The number of rotatable bonds is 5. The van der Waals surface area contributed by atoms with Gasteiger partial charge in [-0.1, -0.05) is 13.0 Å². The Morgan fingerprint density at radius 2 is 2.00 bits per heavy atom. The van der Waals surface area contributed by atoms with Crippen molar-refractivity contribution in [1.29, 1.82) is 0 Å². The number of benzene rings is 1. The van der Waals surface area contributed by atoms with E-state index in [-0.39, 0.29) is 12.0 Å². The number of thioether (sulfide) groups is 1. The zero-order valence-corrected chi connectivity index (χ0v) is 12.0. The molecular formula is C13H19F3N2S. The van der Waals surface area contributed by atoms with Crippen molar-refractivity contribution in [3.05, 3.63) is 34.9 Å². The number of hydrazine groups is 1. The Hall–Kier alpha value is -0.720. The van der Waals surface area contributed by atoms with Crippen LogP contribution in [0.3, 0.4) is 0 Å². The standard InChI is InChI=1S/C13H19F3N2S/c1-8-6-10(13(14,15)16)4-5-11(8)12(18-17)9(2)7-19-3/h4-6,9,12,18H,7,17H2,1-3H3. The fourth-order valence-corrected chi connectivity index (χ4v) is 2.84. The second-order valence-corrected chi connectivity index (χ2v) is 5.56. The lowest BCUT2D eigenvalue weighted by Gasteiger charge is -2.25. The van der Waals surface area contributed by atoms with Crippen LogP contribution >= 0.6 is 11.8 Å². The molecule has 0 aliphatic rings. The van der Waals surface area contributed by atoms with E-state index < -0.39 is 11.7 Å². The number of nitrogens with two attached hydrogens (primary N) is 1. The van der Waals surface area contributed by atoms with Crippen molar-refractivity contribution >= 4 is 11.8 Å². The van der Waals surface area contributed by atoms with Crippen molar-refractivity contribution < 1.29 is 13.2 Å². The van der Waals surface area contributed by atoms with Gasteiger partial charge in [-0.25, -0.2) is 0 Å². The molecule has 6 heteroatoms. The lowest BCUT2D eigenvalue weighted by molar-refractivity contribution is -0.137. The van der Waals surface area contributed by atoms with Gasteiger partial charge in [-0.2, -0.15) is 24.9 Å².